The summed E-state index contributed by atoms with van der Waals surface area (Å²) in [5.74, 6) is 0.590. The summed E-state index contributed by atoms with van der Waals surface area (Å²) in [6.45, 7) is 3.30. The maximum absolute atomic E-state index is 12.6. The van der Waals surface area contributed by atoms with Gasteiger partial charge in [-0.15, -0.1) is 11.8 Å². The van der Waals surface area contributed by atoms with Crippen LogP contribution in [0.25, 0.3) is 0 Å². The molecular formula is C17H20N2O2S. The van der Waals surface area contributed by atoms with E-state index in [1.165, 1.54) is 17.7 Å². The molecule has 2 aliphatic rings. The van der Waals surface area contributed by atoms with Crippen LogP contribution < -0.4 is 5.32 Å². The van der Waals surface area contributed by atoms with E-state index in [0.29, 0.717) is 23.7 Å². The first-order valence-electron chi connectivity index (χ1n) is 7.69. The van der Waals surface area contributed by atoms with E-state index in [2.05, 4.69) is 5.32 Å². The van der Waals surface area contributed by atoms with Gasteiger partial charge in [0.25, 0.3) is 11.8 Å². The molecule has 1 unspecified atom stereocenters. The smallest absolute Gasteiger partial charge is 0.262 e. The highest BCUT2D eigenvalue weighted by Crippen LogP contribution is 2.33. The fraction of sp³-hybridized carbons (Fsp3) is 0.412. The lowest BCUT2D eigenvalue weighted by atomic mass is 10.1. The molecule has 0 aliphatic carbocycles. The first-order valence-corrected chi connectivity index (χ1v) is 8.67. The molecule has 2 heterocycles. The molecule has 2 amide bonds. The average Bonchev–Trinajstić information content (AvgIpc) is 3.13. The Hall–Kier alpha value is -1.59. The minimum atomic E-state index is -0.181. The molecule has 0 spiro atoms. The lowest BCUT2D eigenvalue weighted by Crippen LogP contribution is -2.29. The van der Waals surface area contributed by atoms with E-state index >= 15 is 0 Å². The summed E-state index contributed by atoms with van der Waals surface area (Å²) < 4.78 is 0. The van der Waals surface area contributed by atoms with E-state index in [4.69, 9.17) is 0 Å². The van der Waals surface area contributed by atoms with Crippen molar-refractivity contribution in [2.45, 2.75) is 30.7 Å². The van der Waals surface area contributed by atoms with Crippen LogP contribution >= 0.6 is 11.8 Å². The van der Waals surface area contributed by atoms with Crippen LogP contribution in [0, 0.1) is 0 Å². The second-order valence-electron chi connectivity index (χ2n) is 5.57. The number of rotatable bonds is 5. The first-order chi connectivity index (χ1) is 10.7. The van der Waals surface area contributed by atoms with Crippen molar-refractivity contribution in [3.05, 3.63) is 41.5 Å². The van der Waals surface area contributed by atoms with E-state index in [1.807, 2.05) is 31.2 Å². The van der Waals surface area contributed by atoms with Gasteiger partial charge in [-0.2, -0.15) is 0 Å². The number of benzene rings is 1. The number of carbonyl (C=O) groups is 2. The quantitative estimate of drug-likeness (QED) is 0.515. The van der Waals surface area contributed by atoms with Gasteiger partial charge in [-0.05, 0) is 38.4 Å². The Kier molecular flexibility index (Phi) is 4.64. The maximum atomic E-state index is 12.6. The molecule has 22 heavy (non-hydrogen) atoms. The van der Waals surface area contributed by atoms with Gasteiger partial charge >= 0.3 is 0 Å². The molecule has 1 N–H and O–H groups in total. The number of nitrogens with zero attached hydrogens (tertiary/aromatic N) is 1. The summed E-state index contributed by atoms with van der Waals surface area (Å²) >= 11 is 1.67. The number of hydrogen-bond acceptors (Lipinski definition) is 4. The number of amides is 2. The van der Waals surface area contributed by atoms with E-state index in [9.17, 15) is 9.59 Å². The van der Waals surface area contributed by atoms with Crippen molar-refractivity contribution in [2.75, 3.05) is 18.8 Å². The molecule has 116 valence electrons. The van der Waals surface area contributed by atoms with Gasteiger partial charge in [-0.1, -0.05) is 18.2 Å². The largest absolute Gasteiger partial charge is 0.313 e. The van der Waals surface area contributed by atoms with Crippen molar-refractivity contribution in [3.63, 3.8) is 0 Å². The van der Waals surface area contributed by atoms with Crippen molar-refractivity contribution in [2.24, 2.45) is 0 Å². The topological polar surface area (TPSA) is 49.4 Å². The number of thioether (sulfide) groups is 1. The number of nitrogens with one attached hydrogen (secondary N) is 1. The minimum absolute atomic E-state index is 0.166. The van der Waals surface area contributed by atoms with Crippen LogP contribution in [-0.2, 0) is 0 Å². The van der Waals surface area contributed by atoms with E-state index < -0.39 is 0 Å². The Morgan fingerprint density at radius 3 is 2.95 bits per heavy atom. The third-order valence-electron chi connectivity index (χ3n) is 4.09. The molecule has 4 nitrogen and oxygen atoms in total. The first kappa shape index (κ1) is 15.3. The molecule has 0 bridgehead atoms. The van der Waals surface area contributed by atoms with Crippen molar-refractivity contribution in [1.82, 2.24) is 10.2 Å². The second kappa shape index (κ2) is 6.67. The molecule has 1 saturated heterocycles. The van der Waals surface area contributed by atoms with Gasteiger partial charge in [0.05, 0.1) is 11.1 Å². The van der Waals surface area contributed by atoms with Gasteiger partial charge in [-0.3, -0.25) is 14.5 Å². The van der Waals surface area contributed by atoms with Gasteiger partial charge in [0.15, 0.2) is 0 Å². The fourth-order valence-electron chi connectivity index (χ4n) is 2.89. The Labute approximate surface area is 135 Å². The molecule has 5 heteroatoms. The molecule has 0 radical (unpaired) electrons. The summed E-state index contributed by atoms with van der Waals surface area (Å²) in [6, 6.07) is 6.08. The SMILES string of the molecule is CC=CCN1C(=O)c2cccc(SCC3CCCN3)c2C1=O. The molecule has 1 aromatic rings. The van der Waals surface area contributed by atoms with Crippen LogP contribution in [0.3, 0.4) is 0 Å². The molecule has 2 aliphatic heterocycles. The lowest BCUT2D eigenvalue weighted by molar-refractivity contribution is 0.0671. The van der Waals surface area contributed by atoms with Crippen LogP contribution in [0.2, 0.25) is 0 Å². The summed E-state index contributed by atoms with van der Waals surface area (Å²) in [5.41, 5.74) is 1.12. The number of imide groups is 1. The zero-order valence-electron chi connectivity index (χ0n) is 12.7. The highest BCUT2D eigenvalue weighted by molar-refractivity contribution is 7.99. The van der Waals surface area contributed by atoms with Crippen LogP contribution in [0.5, 0.6) is 0 Å². The molecule has 1 atom stereocenters. The monoisotopic (exact) mass is 316 g/mol. The third-order valence-corrected chi connectivity index (χ3v) is 5.31. The molecule has 1 fully saturated rings. The molecule has 0 saturated carbocycles. The van der Waals surface area contributed by atoms with E-state index in [0.717, 1.165) is 17.2 Å². The highest BCUT2D eigenvalue weighted by Gasteiger charge is 2.36. The summed E-state index contributed by atoms with van der Waals surface area (Å²) in [6.07, 6.45) is 6.08. The zero-order chi connectivity index (χ0) is 15.5. The van der Waals surface area contributed by atoms with Gasteiger partial charge in [-0.25, -0.2) is 0 Å². The number of fused-ring (bicyclic) bond motifs is 1. The van der Waals surface area contributed by atoms with Gasteiger partial charge in [0.1, 0.15) is 0 Å². The van der Waals surface area contributed by atoms with Crippen molar-refractivity contribution < 1.29 is 9.59 Å². The standard InChI is InChI=1S/C17H20N2O2S/c1-2-3-10-19-16(20)13-7-4-8-14(15(13)17(19)21)22-11-12-6-5-9-18-12/h2-4,7-8,12,18H,5-6,9-11H2,1H3. The van der Waals surface area contributed by atoms with Crippen LogP contribution in [0.4, 0.5) is 0 Å². The van der Waals surface area contributed by atoms with Crippen molar-refractivity contribution >= 4 is 23.6 Å². The fourth-order valence-corrected chi connectivity index (χ4v) is 4.07. The molecule has 3 rings (SSSR count). The third kappa shape index (κ3) is 2.83. The summed E-state index contributed by atoms with van der Waals surface area (Å²) in [4.78, 5) is 27.2. The van der Waals surface area contributed by atoms with Crippen LogP contribution in [0.15, 0.2) is 35.2 Å². The Morgan fingerprint density at radius 1 is 1.36 bits per heavy atom. The molecular weight excluding hydrogens is 296 g/mol. The summed E-state index contributed by atoms with van der Waals surface area (Å²) in [5, 5.41) is 3.46. The van der Waals surface area contributed by atoms with E-state index in [-0.39, 0.29) is 11.8 Å². The van der Waals surface area contributed by atoms with Gasteiger partial charge < -0.3 is 5.32 Å². The summed E-state index contributed by atoms with van der Waals surface area (Å²) in [7, 11) is 0. The molecule has 0 aromatic heterocycles. The Morgan fingerprint density at radius 2 is 2.23 bits per heavy atom. The van der Waals surface area contributed by atoms with E-state index in [1.54, 1.807) is 17.8 Å². The normalized spacial score (nSPS) is 21.1. The Balaban J connectivity index is 1.81. The van der Waals surface area contributed by atoms with Crippen molar-refractivity contribution in [3.8, 4) is 0 Å². The molecule has 1 aromatic carbocycles. The number of carbonyl (C=O) groups excluding carboxylic acids is 2. The van der Waals surface area contributed by atoms with Crippen LogP contribution in [0.1, 0.15) is 40.5 Å². The lowest BCUT2D eigenvalue weighted by Gasteiger charge is -2.12. The van der Waals surface area contributed by atoms with Crippen molar-refractivity contribution in [1.29, 1.82) is 0 Å². The predicted molar refractivity (Wildman–Crippen MR) is 88.4 cm³/mol. The predicted octanol–water partition coefficient (Wildman–Crippen LogP) is 2.70. The highest BCUT2D eigenvalue weighted by atomic mass is 32.2. The second-order valence-corrected chi connectivity index (χ2v) is 6.63. The Bertz CT molecular complexity index is 621. The number of allylic oxidation sites excluding steroid dienone is 1. The average molecular weight is 316 g/mol. The zero-order valence-corrected chi connectivity index (χ0v) is 13.5. The van der Waals surface area contributed by atoms with Crippen LogP contribution in [-0.4, -0.2) is 41.6 Å². The minimum Gasteiger partial charge on any atom is -0.313 e. The maximum Gasteiger partial charge on any atom is 0.262 e. The number of hydrogen-bond donors (Lipinski definition) is 1. The van der Waals surface area contributed by atoms with Gasteiger partial charge in [0.2, 0.25) is 0 Å². The van der Waals surface area contributed by atoms with Gasteiger partial charge in [0, 0.05) is 23.2 Å².